The number of H-pyrrole nitrogens is 1. The Morgan fingerprint density at radius 2 is 1.69 bits per heavy atom. The van der Waals surface area contributed by atoms with E-state index in [2.05, 4.69) is 15.0 Å². The van der Waals surface area contributed by atoms with Gasteiger partial charge >= 0.3 is 0 Å². The summed E-state index contributed by atoms with van der Waals surface area (Å²) in [4.78, 5) is 12.4. The fraction of sp³-hybridized carbons (Fsp3) is 0.154. The van der Waals surface area contributed by atoms with Crippen molar-refractivity contribution in [2.24, 2.45) is 0 Å². The Morgan fingerprint density at radius 3 is 2.31 bits per heavy atom. The van der Waals surface area contributed by atoms with Crippen molar-refractivity contribution in [3.63, 3.8) is 0 Å². The van der Waals surface area contributed by atoms with Gasteiger partial charge in [0.25, 0.3) is 0 Å². The van der Waals surface area contributed by atoms with Crippen LogP contribution in [0.4, 0.5) is 0 Å². The van der Waals surface area contributed by atoms with Crippen molar-refractivity contribution < 1.29 is 23.4 Å². The van der Waals surface area contributed by atoms with Gasteiger partial charge in [0.1, 0.15) is 17.2 Å². The van der Waals surface area contributed by atoms with Crippen molar-refractivity contribution in [3.8, 4) is 34.8 Å². The molecule has 0 saturated heterocycles. The van der Waals surface area contributed by atoms with Crippen LogP contribution in [0.5, 0.6) is 23.3 Å². The zero-order valence-corrected chi connectivity index (χ0v) is 20.7. The van der Waals surface area contributed by atoms with Crippen molar-refractivity contribution in [2.75, 3.05) is 6.26 Å². The van der Waals surface area contributed by atoms with Crippen LogP contribution in [-0.4, -0.2) is 44.4 Å². The lowest BCUT2D eigenvalue weighted by Crippen LogP contribution is -2.02. The average Bonchev–Trinajstić information content (AvgIpc) is 3.35. The quantitative estimate of drug-likeness (QED) is 0.306. The molecule has 36 heavy (non-hydrogen) atoms. The molecule has 5 aromatic rings. The maximum atomic E-state index is 11.8. The molecular weight excluding hydrogens is 480 g/mol. The largest absolute Gasteiger partial charge is 0.494 e. The highest BCUT2D eigenvalue weighted by Gasteiger charge is 2.20. The van der Waals surface area contributed by atoms with E-state index in [0.29, 0.717) is 45.2 Å². The van der Waals surface area contributed by atoms with E-state index in [1.807, 2.05) is 24.3 Å². The van der Waals surface area contributed by atoms with E-state index < -0.39 is 9.84 Å². The highest BCUT2D eigenvalue weighted by atomic mass is 32.2. The number of aromatic hydroxyl groups is 2. The van der Waals surface area contributed by atoms with Gasteiger partial charge in [-0.25, -0.2) is 13.4 Å². The molecule has 0 bridgehead atoms. The second-order valence-corrected chi connectivity index (χ2v) is 10.6. The molecule has 0 unspecified atom stereocenters. The number of benzene rings is 2. The molecule has 0 atom stereocenters. The van der Waals surface area contributed by atoms with E-state index >= 15 is 0 Å². The summed E-state index contributed by atoms with van der Waals surface area (Å²) in [7, 11) is -3.34. The zero-order chi connectivity index (χ0) is 25.6. The molecule has 10 heteroatoms. The molecule has 0 aliphatic rings. The molecule has 0 aliphatic heterocycles. The highest BCUT2D eigenvalue weighted by Crippen LogP contribution is 2.36. The number of fused-ring (bicyclic) bond motifs is 1. The standard InChI is InChI=1S/C26H24N4O5S/c1-15-16(2)26(32)30(25(15)31)14-17-12-21-22(29-24(28-21)20-6-4-5-11-27-20)13-23(17)35-18-7-9-19(10-8-18)36(3,33)34/h4-13,31-32H,14H2,1-3H3,(H,28,29). The number of rotatable bonds is 6. The van der Waals surface area contributed by atoms with Crippen molar-refractivity contribution in [1.82, 2.24) is 19.5 Å². The van der Waals surface area contributed by atoms with Gasteiger partial charge in [0.05, 0.1) is 22.5 Å². The van der Waals surface area contributed by atoms with Gasteiger partial charge in [0, 0.05) is 35.2 Å². The first-order valence-corrected chi connectivity index (χ1v) is 13.0. The predicted octanol–water partition coefficient (Wildman–Crippen LogP) is 4.70. The fourth-order valence-electron chi connectivity index (χ4n) is 3.97. The van der Waals surface area contributed by atoms with Crippen molar-refractivity contribution in [2.45, 2.75) is 25.3 Å². The Balaban J connectivity index is 1.60. The number of aromatic nitrogens is 4. The lowest BCUT2D eigenvalue weighted by Gasteiger charge is -2.14. The van der Waals surface area contributed by atoms with Gasteiger partial charge in [-0.2, -0.15) is 0 Å². The number of nitrogens with zero attached hydrogens (tertiary/aromatic N) is 3. The SMILES string of the molecule is Cc1c(C)c(O)n(Cc2cc3[nH]c(-c4ccccn4)nc3cc2Oc2ccc(S(C)(=O)=O)cc2)c1O. The van der Waals surface area contributed by atoms with Crippen molar-refractivity contribution in [1.29, 1.82) is 0 Å². The number of sulfone groups is 1. The van der Waals surface area contributed by atoms with Gasteiger partial charge in [-0.3, -0.25) is 9.55 Å². The Hall–Kier alpha value is -4.31. The Kier molecular flexibility index (Phi) is 5.68. The number of hydrogen-bond acceptors (Lipinski definition) is 7. The molecule has 0 fully saturated rings. The Morgan fingerprint density at radius 1 is 1.00 bits per heavy atom. The van der Waals surface area contributed by atoms with Gasteiger partial charge in [-0.05, 0) is 56.3 Å². The molecule has 5 rings (SSSR count). The fourth-order valence-corrected chi connectivity index (χ4v) is 4.60. The molecule has 0 spiro atoms. The highest BCUT2D eigenvalue weighted by molar-refractivity contribution is 7.90. The van der Waals surface area contributed by atoms with E-state index in [-0.39, 0.29) is 23.2 Å². The predicted molar refractivity (Wildman–Crippen MR) is 135 cm³/mol. The minimum absolute atomic E-state index is 0.0349. The summed E-state index contributed by atoms with van der Waals surface area (Å²) >= 11 is 0. The smallest absolute Gasteiger partial charge is 0.197 e. The molecule has 184 valence electrons. The minimum Gasteiger partial charge on any atom is -0.494 e. The van der Waals surface area contributed by atoms with Crippen LogP contribution >= 0.6 is 0 Å². The van der Waals surface area contributed by atoms with Crippen LogP contribution in [0.15, 0.2) is 65.7 Å². The molecule has 0 saturated carbocycles. The first-order chi connectivity index (χ1) is 17.1. The van der Waals surface area contributed by atoms with Gasteiger partial charge in [0.2, 0.25) is 0 Å². The maximum Gasteiger partial charge on any atom is 0.197 e. The summed E-state index contributed by atoms with van der Waals surface area (Å²) < 4.78 is 31.2. The lowest BCUT2D eigenvalue weighted by molar-refractivity contribution is 0.373. The van der Waals surface area contributed by atoms with Crippen molar-refractivity contribution in [3.05, 3.63) is 77.5 Å². The topological polar surface area (TPSA) is 130 Å². The second-order valence-electron chi connectivity index (χ2n) is 8.61. The molecule has 2 aromatic carbocycles. The number of pyridine rings is 1. The monoisotopic (exact) mass is 504 g/mol. The van der Waals surface area contributed by atoms with Crippen LogP contribution in [0.2, 0.25) is 0 Å². The molecule has 3 aromatic heterocycles. The van der Waals surface area contributed by atoms with Crippen molar-refractivity contribution >= 4 is 20.9 Å². The third kappa shape index (κ3) is 4.27. The van der Waals surface area contributed by atoms with Crippen LogP contribution in [0, 0.1) is 13.8 Å². The summed E-state index contributed by atoms with van der Waals surface area (Å²) in [6, 6.07) is 15.3. The third-order valence-electron chi connectivity index (χ3n) is 6.12. The average molecular weight is 505 g/mol. The summed E-state index contributed by atoms with van der Waals surface area (Å²) in [6.45, 7) is 3.59. The normalized spacial score (nSPS) is 11.8. The number of imidazole rings is 1. The molecule has 0 radical (unpaired) electrons. The van der Waals surface area contributed by atoms with Gasteiger partial charge in [-0.15, -0.1) is 0 Å². The molecule has 3 heterocycles. The van der Waals surface area contributed by atoms with E-state index in [1.54, 1.807) is 38.2 Å². The van der Waals surface area contributed by atoms with E-state index in [4.69, 9.17) is 4.74 Å². The van der Waals surface area contributed by atoms with Crippen LogP contribution < -0.4 is 4.74 Å². The maximum absolute atomic E-state index is 11.8. The first kappa shape index (κ1) is 23.4. The van der Waals surface area contributed by atoms with Crippen LogP contribution in [-0.2, 0) is 16.4 Å². The van der Waals surface area contributed by atoms with Crippen LogP contribution in [0.25, 0.3) is 22.6 Å². The minimum atomic E-state index is -3.34. The molecule has 0 aliphatic carbocycles. The first-order valence-electron chi connectivity index (χ1n) is 11.1. The molecular formula is C26H24N4O5S. The molecule has 3 N–H and O–H groups in total. The van der Waals surface area contributed by atoms with Crippen LogP contribution in [0.1, 0.15) is 16.7 Å². The number of aromatic amines is 1. The zero-order valence-electron chi connectivity index (χ0n) is 19.8. The number of nitrogens with one attached hydrogen (secondary N) is 1. The summed E-state index contributed by atoms with van der Waals surface area (Å²) in [6.07, 6.45) is 2.83. The summed E-state index contributed by atoms with van der Waals surface area (Å²) in [5.41, 5.74) is 3.88. The lowest BCUT2D eigenvalue weighted by atomic mass is 10.1. The van der Waals surface area contributed by atoms with E-state index in [0.717, 1.165) is 11.8 Å². The van der Waals surface area contributed by atoms with Gasteiger partial charge in [-0.1, -0.05) is 6.07 Å². The number of hydrogen-bond donors (Lipinski definition) is 3. The summed E-state index contributed by atoms with van der Waals surface area (Å²) in [5.74, 6) is 1.39. The Bertz CT molecular complexity index is 1660. The molecule has 9 nitrogen and oxygen atoms in total. The number of ether oxygens (including phenoxy) is 1. The van der Waals surface area contributed by atoms with E-state index in [9.17, 15) is 18.6 Å². The van der Waals surface area contributed by atoms with Crippen LogP contribution in [0.3, 0.4) is 0 Å². The van der Waals surface area contributed by atoms with Gasteiger partial charge in [0.15, 0.2) is 27.4 Å². The second kappa shape index (κ2) is 8.72. The Labute approximate surface area is 207 Å². The third-order valence-corrected chi connectivity index (χ3v) is 7.25. The van der Waals surface area contributed by atoms with E-state index in [1.165, 1.54) is 16.7 Å². The summed E-state index contributed by atoms with van der Waals surface area (Å²) in [5, 5.41) is 21.2. The van der Waals surface area contributed by atoms with Gasteiger partial charge < -0.3 is 19.9 Å². The molecule has 0 amide bonds.